The topological polar surface area (TPSA) is 55.1 Å². The van der Waals surface area contributed by atoms with E-state index in [1.54, 1.807) is 0 Å². The van der Waals surface area contributed by atoms with Crippen molar-refractivity contribution in [2.45, 2.75) is 6.43 Å². The van der Waals surface area contributed by atoms with E-state index in [0.717, 1.165) is 12.1 Å². The number of anilines is 2. The van der Waals surface area contributed by atoms with Crippen LogP contribution in [0.3, 0.4) is 0 Å². The zero-order valence-corrected chi connectivity index (χ0v) is 7.23. The van der Waals surface area contributed by atoms with Gasteiger partial charge in [0.2, 0.25) is 0 Å². The van der Waals surface area contributed by atoms with Gasteiger partial charge in [0.05, 0.1) is 5.69 Å². The van der Waals surface area contributed by atoms with Crippen LogP contribution in [0.15, 0.2) is 12.1 Å². The molecule has 82 valence electrons. The number of nitrogens with one attached hydrogen (secondary N) is 1. The van der Waals surface area contributed by atoms with Gasteiger partial charge in [-0.25, -0.2) is 8.78 Å². The van der Waals surface area contributed by atoms with Crippen LogP contribution in [-0.2, 0) is 4.79 Å². The highest BCUT2D eigenvalue weighted by molar-refractivity contribution is 5.93. The highest BCUT2D eigenvalue weighted by atomic mass is 19.3. The van der Waals surface area contributed by atoms with Crippen molar-refractivity contribution in [3.05, 3.63) is 23.8 Å². The molecule has 0 aliphatic carbocycles. The van der Waals surface area contributed by atoms with Crippen LogP contribution in [0, 0.1) is 11.6 Å². The number of hydrogen-bond acceptors (Lipinski definition) is 2. The molecule has 0 saturated heterocycles. The fraction of sp³-hybridized carbons (Fsp3) is 0.125. The van der Waals surface area contributed by atoms with Crippen molar-refractivity contribution in [1.82, 2.24) is 0 Å². The molecule has 0 aromatic heterocycles. The number of amides is 1. The van der Waals surface area contributed by atoms with Gasteiger partial charge in [-0.3, -0.25) is 4.79 Å². The van der Waals surface area contributed by atoms with E-state index in [-0.39, 0.29) is 0 Å². The average Bonchev–Trinajstić information content (AvgIpc) is 2.18. The molecule has 7 heteroatoms. The minimum atomic E-state index is -3.36. The fourth-order valence-corrected chi connectivity index (χ4v) is 0.861. The molecule has 0 bridgehead atoms. The van der Waals surface area contributed by atoms with Crippen LogP contribution in [0.25, 0.3) is 0 Å². The van der Waals surface area contributed by atoms with Crippen molar-refractivity contribution >= 4 is 17.3 Å². The molecular weight excluding hydrogens is 216 g/mol. The molecule has 0 spiro atoms. The number of alkyl halides is 2. The van der Waals surface area contributed by atoms with Crippen LogP contribution >= 0.6 is 0 Å². The van der Waals surface area contributed by atoms with Gasteiger partial charge in [-0.05, 0) is 12.1 Å². The molecule has 0 aliphatic heterocycles. The molecule has 3 N–H and O–H groups in total. The van der Waals surface area contributed by atoms with Crippen LogP contribution in [0.2, 0.25) is 0 Å². The minimum Gasteiger partial charge on any atom is -0.396 e. The molecule has 0 radical (unpaired) electrons. The fourth-order valence-electron chi connectivity index (χ4n) is 0.861. The lowest BCUT2D eigenvalue weighted by atomic mass is 10.2. The van der Waals surface area contributed by atoms with E-state index < -0.39 is 35.3 Å². The molecule has 1 rings (SSSR count). The molecule has 0 unspecified atom stereocenters. The van der Waals surface area contributed by atoms with Gasteiger partial charge in [0, 0.05) is 0 Å². The van der Waals surface area contributed by atoms with E-state index in [1.807, 2.05) is 0 Å². The molecule has 1 aromatic carbocycles. The highest BCUT2D eigenvalue weighted by Crippen LogP contribution is 2.23. The Bertz CT molecular complexity index is 394. The zero-order chi connectivity index (χ0) is 11.6. The van der Waals surface area contributed by atoms with Gasteiger partial charge >= 0.3 is 6.43 Å². The van der Waals surface area contributed by atoms with Crippen molar-refractivity contribution in [3.63, 3.8) is 0 Å². The van der Waals surface area contributed by atoms with Crippen molar-refractivity contribution in [2.75, 3.05) is 11.1 Å². The Morgan fingerprint density at radius 3 is 2.47 bits per heavy atom. The van der Waals surface area contributed by atoms with Crippen LogP contribution in [0.4, 0.5) is 28.9 Å². The van der Waals surface area contributed by atoms with Gasteiger partial charge in [-0.1, -0.05) is 0 Å². The van der Waals surface area contributed by atoms with E-state index in [9.17, 15) is 22.4 Å². The van der Waals surface area contributed by atoms with Crippen LogP contribution < -0.4 is 11.1 Å². The van der Waals surface area contributed by atoms with Crippen LogP contribution in [0.1, 0.15) is 0 Å². The quantitative estimate of drug-likeness (QED) is 0.591. The van der Waals surface area contributed by atoms with E-state index in [1.165, 1.54) is 5.32 Å². The summed E-state index contributed by atoms with van der Waals surface area (Å²) in [7, 11) is 0. The second-order valence-electron chi connectivity index (χ2n) is 2.62. The maximum Gasteiger partial charge on any atom is 0.315 e. The number of nitrogen functional groups attached to an aromatic ring is 1. The Morgan fingerprint density at radius 1 is 1.33 bits per heavy atom. The van der Waals surface area contributed by atoms with Gasteiger partial charge in [0.25, 0.3) is 5.91 Å². The number of halogens is 4. The lowest BCUT2D eigenvalue weighted by Gasteiger charge is -2.08. The second-order valence-corrected chi connectivity index (χ2v) is 2.62. The maximum absolute atomic E-state index is 13.1. The van der Waals surface area contributed by atoms with E-state index in [2.05, 4.69) is 0 Å². The summed E-state index contributed by atoms with van der Waals surface area (Å²) >= 11 is 0. The van der Waals surface area contributed by atoms with E-state index in [4.69, 9.17) is 5.73 Å². The normalized spacial score (nSPS) is 10.5. The van der Waals surface area contributed by atoms with Crippen molar-refractivity contribution in [2.24, 2.45) is 0 Å². The van der Waals surface area contributed by atoms with Gasteiger partial charge in [-0.15, -0.1) is 0 Å². The smallest absolute Gasteiger partial charge is 0.315 e. The van der Waals surface area contributed by atoms with Gasteiger partial charge in [-0.2, -0.15) is 8.78 Å². The molecule has 0 saturated carbocycles. The maximum atomic E-state index is 13.1. The van der Waals surface area contributed by atoms with E-state index >= 15 is 0 Å². The summed E-state index contributed by atoms with van der Waals surface area (Å²) in [4.78, 5) is 10.5. The first-order chi connectivity index (χ1) is 6.93. The molecule has 0 aliphatic rings. The lowest BCUT2D eigenvalue weighted by molar-refractivity contribution is -0.126. The summed E-state index contributed by atoms with van der Waals surface area (Å²) in [6.07, 6.45) is -3.36. The Labute approximate surface area is 81.9 Å². The molecule has 15 heavy (non-hydrogen) atoms. The summed E-state index contributed by atoms with van der Waals surface area (Å²) < 4.78 is 49.5. The Morgan fingerprint density at radius 2 is 1.93 bits per heavy atom. The Hall–Kier alpha value is -1.79. The Kier molecular flexibility index (Phi) is 3.13. The number of carbonyl (C=O) groups is 1. The molecule has 1 amide bonds. The zero-order valence-electron chi connectivity index (χ0n) is 7.23. The summed E-state index contributed by atoms with van der Waals surface area (Å²) in [5.74, 6) is -4.24. The molecular formula is C8H6F4N2O. The second kappa shape index (κ2) is 4.16. The summed E-state index contributed by atoms with van der Waals surface area (Å²) in [5.41, 5.74) is 3.65. The molecule has 0 heterocycles. The number of benzene rings is 1. The summed E-state index contributed by atoms with van der Waals surface area (Å²) in [6, 6.07) is 1.68. The average molecular weight is 222 g/mol. The molecule has 0 atom stereocenters. The minimum absolute atomic E-state index is 0.444. The highest BCUT2D eigenvalue weighted by Gasteiger charge is 2.20. The summed E-state index contributed by atoms with van der Waals surface area (Å²) in [5, 5.41) is 1.40. The number of rotatable bonds is 2. The third-order valence-electron chi connectivity index (χ3n) is 1.57. The van der Waals surface area contributed by atoms with Crippen LogP contribution in [-0.4, -0.2) is 12.3 Å². The van der Waals surface area contributed by atoms with Crippen LogP contribution in [0.5, 0.6) is 0 Å². The molecule has 3 nitrogen and oxygen atoms in total. The number of hydrogen-bond donors (Lipinski definition) is 2. The monoisotopic (exact) mass is 222 g/mol. The lowest BCUT2D eigenvalue weighted by Crippen LogP contribution is -2.21. The first-order valence-electron chi connectivity index (χ1n) is 3.76. The third kappa shape index (κ3) is 2.36. The predicted octanol–water partition coefficient (Wildman–Crippen LogP) is 1.75. The van der Waals surface area contributed by atoms with Gasteiger partial charge in [0.15, 0.2) is 5.82 Å². The molecule has 0 fully saturated rings. The van der Waals surface area contributed by atoms with E-state index in [0.29, 0.717) is 0 Å². The standard InChI is InChI=1S/C8H6F4N2O/c9-3-1-2-4(13)5(10)6(3)14-8(15)7(11)12/h1-2,7H,13H2,(H,14,15). The van der Waals surface area contributed by atoms with Gasteiger partial charge < -0.3 is 11.1 Å². The molecule has 1 aromatic rings. The van der Waals surface area contributed by atoms with Crippen molar-refractivity contribution in [3.8, 4) is 0 Å². The number of nitrogens with two attached hydrogens (primary N) is 1. The first kappa shape index (κ1) is 11.3. The first-order valence-corrected chi connectivity index (χ1v) is 3.76. The SMILES string of the molecule is Nc1ccc(F)c(NC(=O)C(F)F)c1F. The van der Waals surface area contributed by atoms with Crippen molar-refractivity contribution in [1.29, 1.82) is 0 Å². The predicted molar refractivity (Wildman–Crippen MR) is 45.4 cm³/mol. The third-order valence-corrected chi connectivity index (χ3v) is 1.57. The number of carbonyl (C=O) groups excluding carboxylic acids is 1. The Balaban J connectivity index is 3.04. The summed E-state index contributed by atoms with van der Waals surface area (Å²) in [6.45, 7) is 0. The van der Waals surface area contributed by atoms with Crippen molar-refractivity contribution < 1.29 is 22.4 Å². The van der Waals surface area contributed by atoms with Gasteiger partial charge in [0.1, 0.15) is 11.5 Å². The largest absolute Gasteiger partial charge is 0.396 e.